The molecule has 0 spiro atoms. The van der Waals surface area contributed by atoms with Crippen LogP contribution in [0.15, 0.2) is 0 Å². The molecule has 1 N–H and O–H groups in total. The number of thioether (sulfide) groups is 1. The summed E-state index contributed by atoms with van der Waals surface area (Å²) in [6, 6.07) is -0.224. The molecule has 2 aliphatic heterocycles. The number of thiocarbonyl (C=S) groups is 1. The second kappa shape index (κ2) is 6.41. The summed E-state index contributed by atoms with van der Waals surface area (Å²) in [6.07, 6.45) is 2.84. The Bertz CT molecular complexity index is 458. The molecule has 1 amide bonds. The molecule has 108 valence electrons. The van der Waals surface area contributed by atoms with Gasteiger partial charge in [-0.3, -0.25) is 4.79 Å². The Kier molecular flexibility index (Phi) is 5.08. The summed E-state index contributed by atoms with van der Waals surface area (Å²) >= 11 is 6.63. The molecular formula is C11H18N2O3S3. The normalized spacial score (nSPS) is 25.5. The van der Waals surface area contributed by atoms with Crippen LogP contribution in [0.1, 0.15) is 19.3 Å². The van der Waals surface area contributed by atoms with Crippen molar-refractivity contribution in [3.05, 3.63) is 0 Å². The minimum Gasteiger partial charge on any atom is -0.358 e. The third-order valence-electron chi connectivity index (χ3n) is 3.29. The molecule has 1 atom stereocenters. The first-order valence-corrected chi connectivity index (χ1v) is 9.59. The Morgan fingerprint density at radius 1 is 1.37 bits per heavy atom. The van der Waals surface area contributed by atoms with Crippen LogP contribution in [0.2, 0.25) is 0 Å². The van der Waals surface area contributed by atoms with E-state index in [1.165, 1.54) is 11.8 Å². The molecule has 19 heavy (non-hydrogen) atoms. The SMILES string of the molecule is O=C(CSC(=S)N1CCCC1)N[C@H]1CCS(=O)(=O)C1. The molecule has 2 rings (SSSR count). The number of carbonyl (C=O) groups is 1. The van der Waals surface area contributed by atoms with E-state index in [1.807, 2.05) is 0 Å². The summed E-state index contributed by atoms with van der Waals surface area (Å²) in [5, 5.41) is 2.76. The molecule has 8 heteroatoms. The number of nitrogens with zero attached hydrogens (tertiary/aromatic N) is 1. The summed E-state index contributed by atoms with van der Waals surface area (Å²) in [5.74, 6) is 0.386. The summed E-state index contributed by atoms with van der Waals surface area (Å²) in [5.41, 5.74) is 0. The molecule has 0 bridgehead atoms. The van der Waals surface area contributed by atoms with Crippen molar-refractivity contribution in [3.63, 3.8) is 0 Å². The molecule has 0 saturated carbocycles. The molecule has 0 aromatic heterocycles. The van der Waals surface area contributed by atoms with Crippen molar-refractivity contribution in [2.75, 3.05) is 30.3 Å². The fourth-order valence-corrected chi connectivity index (χ4v) is 5.03. The number of sulfone groups is 1. The van der Waals surface area contributed by atoms with Gasteiger partial charge in [-0.15, -0.1) is 0 Å². The van der Waals surface area contributed by atoms with Gasteiger partial charge in [0.15, 0.2) is 9.84 Å². The smallest absolute Gasteiger partial charge is 0.230 e. The molecule has 2 heterocycles. The lowest BCUT2D eigenvalue weighted by Crippen LogP contribution is -2.37. The molecule has 5 nitrogen and oxygen atoms in total. The van der Waals surface area contributed by atoms with E-state index in [1.54, 1.807) is 0 Å². The van der Waals surface area contributed by atoms with E-state index in [4.69, 9.17) is 12.2 Å². The number of hydrogen-bond acceptors (Lipinski definition) is 5. The van der Waals surface area contributed by atoms with Crippen molar-refractivity contribution in [2.45, 2.75) is 25.3 Å². The second-order valence-electron chi connectivity index (χ2n) is 4.92. The van der Waals surface area contributed by atoms with Gasteiger partial charge >= 0.3 is 0 Å². The van der Waals surface area contributed by atoms with Gasteiger partial charge in [0.1, 0.15) is 4.32 Å². The van der Waals surface area contributed by atoms with Gasteiger partial charge in [0.25, 0.3) is 0 Å². The minimum atomic E-state index is -2.94. The first kappa shape index (κ1) is 15.1. The van der Waals surface area contributed by atoms with Gasteiger partial charge in [0.05, 0.1) is 17.3 Å². The van der Waals surface area contributed by atoms with Crippen molar-refractivity contribution in [2.24, 2.45) is 0 Å². The maximum absolute atomic E-state index is 11.7. The number of rotatable bonds is 3. The average molecular weight is 322 g/mol. The molecule has 0 radical (unpaired) electrons. The Balaban J connectivity index is 1.68. The van der Waals surface area contributed by atoms with E-state index < -0.39 is 9.84 Å². The van der Waals surface area contributed by atoms with E-state index in [0.717, 1.165) is 30.3 Å². The maximum atomic E-state index is 11.7. The van der Waals surface area contributed by atoms with Crippen LogP contribution in [0.3, 0.4) is 0 Å². The van der Waals surface area contributed by atoms with Crippen molar-refractivity contribution in [1.82, 2.24) is 10.2 Å². The van der Waals surface area contributed by atoms with E-state index in [0.29, 0.717) is 6.42 Å². The molecule has 2 aliphatic rings. The fraction of sp³-hybridized carbons (Fsp3) is 0.818. The topological polar surface area (TPSA) is 66.5 Å². The van der Waals surface area contributed by atoms with E-state index in [9.17, 15) is 13.2 Å². The Labute approximate surface area is 123 Å². The standard InChI is InChI=1S/C11H18N2O3S3/c14-10(12-9-3-6-19(15,16)8-9)7-18-11(17)13-4-1-2-5-13/h9H,1-8H2,(H,12,14)/t9-/m0/s1. The lowest BCUT2D eigenvalue weighted by molar-refractivity contribution is -0.119. The highest BCUT2D eigenvalue weighted by Gasteiger charge is 2.29. The van der Waals surface area contributed by atoms with Crippen LogP contribution in [0.4, 0.5) is 0 Å². The average Bonchev–Trinajstić information content (AvgIpc) is 2.96. The Morgan fingerprint density at radius 3 is 2.63 bits per heavy atom. The molecule has 2 fully saturated rings. The van der Waals surface area contributed by atoms with Gasteiger partial charge < -0.3 is 10.2 Å². The number of amides is 1. The summed E-state index contributed by atoms with van der Waals surface area (Å²) < 4.78 is 23.3. The van der Waals surface area contributed by atoms with Crippen molar-refractivity contribution in [1.29, 1.82) is 0 Å². The zero-order chi connectivity index (χ0) is 13.9. The second-order valence-corrected chi connectivity index (χ2v) is 8.75. The fourth-order valence-electron chi connectivity index (χ4n) is 2.30. The van der Waals surface area contributed by atoms with Gasteiger partial charge in [-0.05, 0) is 19.3 Å². The predicted molar refractivity (Wildman–Crippen MR) is 81.1 cm³/mol. The molecule has 0 unspecified atom stereocenters. The summed E-state index contributed by atoms with van der Waals surface area (Å²) in [4.78, 5) is 13.8. The van der Waals surface area contributed by atoms with Crippen molar-refractivity contribution in [3.8, 4) is 0 Å². The molecule has 0 aliphatic carbocycles. The van der Waals surface area contributed by atoms with Crippen LogP contribution in [0.5, 0.6) is 0 Å². The van der Waals surface area contributed by atoms with Gasteiger partial charge in [-0.1, -0.05) is 24.0 Å². The highest BCUT2D eigenvalue weighted by Crippen LogP contribution is 2.16. The van der Waals surface area contributed by atoms with E-state index in [2.05, 4.69) is 10.2 Å². The minimum absolute atomic E-state index is 0.0694. The highest BCUT2D eigenvalue weighted by atomic mass is 32.2. The number of nitrogens with one attached hydrogen (secondary N) is 1. The first-order chi connectivity index (χ1) is 8.96. The van der Waals surface area contributed by atoms with E-state index in [-0.39, 0.29) is 29.2 Å². The molecule has 0 aromatic rings. The Morgan fingerprint density at radius 2 is 2.05 bits per heavy atom. The number of likely N-dealkylation sites (tertiary alicyclic amines) is 1. The maximum Gasteiger partial charge on any atom is 0.230 e. The van der Waals surface area contributed by atoms with E-state index >= 15 is 0 Å². The third kappa shape index (κ3) is 4.61. The number of hydrogen-bond donors (Lipinski definition) is 1. The van der Waals surface area contributed by atoms with Gasteiger partial charge in [0.2, 0.25) is 5.91 Å². The number of carbonyl (C=O) groups excluding carboxylic acids is 1. The van der Waals surface area contributed by atoms with Crippen LogP contribution < -0.4 is 5.32 Å². The van der Waals surface area contributed by atoms with Crippen molar-refractivity contribution < 1.29 is 13.2 Å². The Hall–Kier alpha value is -0.340. The molecule has 0 aromatic carbocycles. The summed E-state index contributed by atoms with van der Waals surface area (Å²) in [6.45, 7) is 1.96. The molecular weight excluding hydrogens is 304 g/mol. The quantitative estimate of drug-likeness (QED) is 0.759. The monoisotopic (exact) mass is 322 g/mol. The zero-order valence-electron chi connectivity index (χ0n) is 10.6. The zero-order valence-corrected chi connectivity index (χ0v) is 13.1. The summed E-state index contributed by atoms with van der Waals surface area (Å²) in [7, 11) is -2.94. The van der Waals surface area contributed by atoms with Crippen LogP contribution >= 0.6 is 24.0 Å². The largest absolute Gasteiger partial charge is 0.358 e. The van der Waals surface area contributed by atoms with Gasteiger partial charge in [0, 0.05) is 19.1 Å². The van der Waals surface area contributed by atoms with Gasteiger partial charge in [-0.25, -0.2) is 8.42 Å². The van der Waals surface area contributed by atoms with Crippen molar-refractivity contribution >= 4 is 44.0 Å². The van der Waals surface area contributed by atoms with Gasteiger partial charge in [-0.2, -0.15) is 0 Å². The molecule has 2 saturated heterocycles. The third-order valence-corrected chi connectivity index (χ3v) is 6.58. The first-order valence-electron chi connectivity index (χ1n) is 6.38. The van der Waals surface area contributed by atoms with Crippen LogP contribution in [0, 0.1) is 0 Å². The van der Waals surface area contributed by atoms with Crippen LogP contribution in [-0.2, 0) is 14.6 Å². The highest BCUT2D eigenvalue weighted by molar-refractivity contribution is 8.23. The lowest BCUT2D eigenvalue weighted by Gasteiger charge is -2.17. The lowest BCUT2D eigenvalue weighted by atomic mass is 10.3. The van der Waals surface area contributed by atoms with Crippen LogP contribution in [0.25, 0.3) is 0 Å². The predicted octanol–water partition coefficient (Wildman–Crippen LogP) is 0.404. The van der Waals surface area contributed by atoms with Crippen LogP contribution in [-0.4, -0.2) is 59.9 Å².